The van der Waals surface area contributed by atoms with Gasteiger partial charge in [-0.15, -0.1) is 0 Å². The van der Waals surface area contributed by atoms with Crippen molar-refractivity contribution in [3.63, 3.8) is 0 Å². The average molecular weight is 388 g/mol. The number of hydrogen-bond acceptors (Lipinski definition) is 3. The second kappa shape index (κ2) is 7.95. The van der Waals surface area contributed by atoms with E-state index in [-0.39, 0.29) is 30.2 Å². The van der Waals surface area contributed by atoms with Gasteiger partial charge in [-0.2, -0.15) is 0 Å². The summed E-state index contributed by atoms with van der Waals surface area (Å²) in [5.74, 6) is 0.180. The van der Waals surface area contributed by atoms with E-state index in [4.69, 9.17) is 4.74 Å². The molecule has 0 saturated carbocycles. The molecule has 3 aromatic rings. The highest BCUT2D eigenvalue weighted by molar-refractivity contribution is 6.00. The third-order valence-electron chi connectivity index (χ3n) is 5.51. The van der Waals surface area contributed by atoms with Crippen molar-refractivity contribution in [2.75, 3.05) is 18.6 Å². The molecule has 1 aliphatic rings. The van der Waals surface area contributed by atoms with E-state index in [1.54, 1.807) is 12.0 Å². The SMILES string of the molecule is COc1cccc(N2C[C@@H](C(=O)N[C@H](C)c3cccc4ccccc34)CC2=O)c1. The fraction of sp³-hybridized carbons (Fsp3) is 0.250. The van der Waals surface area contributed by atoms with Crippen LogP contribution in [0.1, 0.15) is 24.9 Å². The first-order valence-electron chi connectivity index (χ1n) is 9.79. The molecular formula is C24H24N2O3. The molecule has 5 nitrogen and oxygen atoms in total. The normalized spacial score (nSPS) is 17.4. The van der Waals surface area contributed by atoms with Gasteiger partial charge in [0, 0.05) is 24.7 Å². The van der Waals surface area contributed by atoms with Crippen LogP contribution in [0.25, 0.3) is 10.8 Å². The van der Waals surface area contributed by atoms with Gasteiger partial charge in [-0.3, -0.25) is 9.59 Å². The maximum absolute atomic E-state index is 12.9. The fourth-order valence-electron chi connectivity index (χ4n) is 3.95. The summed E-state index contributed by atoms with van der Waals surface area (Å²) >= 11 is 0. The van der Waals surface area contributed by atoms with Gasteiger partial charge in [0.05, 0.1) is 19.1 Å². The van der Waals surface area contributed by atoms with Crippen LogP contribution < -0.4 is 15.0 Å². The van der Waals surface area contributed by atoms with E-state index in [0.717, 1.165) is 22.0 Å². The Labute approximate surface area is 170 Å². The Bertz CT molecular complexity index is 1060. The number of amides is 2. The number of methoxy groups -OCH3 is 1. The molecule has 2 atom stereocenters. The van der Waals surface area contributed by atoms with Crippen molar-refractivity contribution in [2.45, 2.75) is 19.4 Å². The highest BCUT2D eigenvalue weighted by Gasteiger charge is 2.35. The predicted octanol–water partition coefficient (Wildman–Crippen LogP) is 4.08. The molecule has 4 rings (SSSR count). The molecule has 5 heteroatoms. The Morgan fingerprint density at radius 2 is 1.86 bits per heavy atom. The maximum atomic E-state index is 12.9. The van der Waals surface area contributed by atoms with Crippen LogP contribution in [-0.2, 0) is 9.59 Å². The third-order valence-corrected chi connectivity index (χ3v) is 5.51. The number of hydrogen-bond donors (Lipinski definition) is 1. The smallest absolute Gasteiger partial charge is 0.227 e. The molecule has 0 bridgehead atoms. The molecule has 2 amide bonds. The van der Waals surface area contributed by atoms with Crippen LogP contribution in [0, 0.1) is 5.92 Å². The van der Waals surface area contributed by atoms with Gasteiger partial charge in [0.2, 0.25) is 11.8 Å². The molecule has 0 unspecified atom stereocenters. The zero-order valence-corrected chi connectivity index (χ0v) is 16.6. The second-order valence-electron chi connectivity index (χ2n) is 7.41. The molecule has 1 fully saturated rings. The van der Waals surface area contributed by atoms with Gasteiger partial charge in [0.25, 0.3) is 0 Å². The zero-order chi connectivity index (χ0) is 20.4. The number of benzene rings is 3. The van der Waals surface area contributed by atoms with Crippen molar-refractivity contribution in [1.82, 2.24) is 5.32 Å². The van der Waals surface area contributed by atoms with Crippen LogP contribution in [0.3, 0.4) is 0 Å². The molecule has 3 aromatic carbocycles. The number of carbonyl (C=O) groups is 2. The number of nitrogens with one attached hydrogen (secondary N) is 1. The highest BCUT2D eigenvalue weighted by Crippen LogP contribution is 2.29. The minimum Gasteiger partial charge on any atom is -0.497 e. The standard InChI is InChI=1S/C24H24N2O3/c1-16(21-12-5-8-17-7-3-4-11-22(17)21)25-24(28)18-13-23(27)26(15-18)19-9-6-10-20(14-19)29-2/h3-12,14,16,18H,13,15H2,1-2H3,(H,25,28)/t16-,18+/m1/s1. The topological polar surface area (TPSA) is 58.6 Å². The van der Waals surface area contributed by atoms with Gasteiger partial charge in [-0.1, -0.05) is 48.5 Å². The quantitative estimate of drug-likeness (QED) is 0.717. The number of anilines is 1. The Morgan fingerprint density at radius 1 is 1.10 bits per heavy atom. The first kappa shape index (κ1) is 19.0. The maximum Gasteiger partial charge on any atom is 0.227 e. The average Bonchev–Trinajstić information content (AvgIpc) is 3.15. The van der Waals surface area contributed by atoms with E-state index in [2.05, 4.69) is 23.5 Å². The summed E-state index contributed by atoms with van der Waals surface area (Å²) in [6, 6.07) is 21.5. The van der Waals surface area contributed by atoms with Crippen molar-refractivity contribution in [1.29, 1.82) is 0 Å². The first-order chi connectivity index (χ1) is 14.1. The van der Waals surface area contributed by atoms with Gasteiger partial charge < -0.3 is 15.0 Å². The van der Waals surface area contributed by atoms with Crippen LogP contribution in [-0.4, -0.2) is 25.5 Å². The fourth-order valence-corrected chi connectivity index (χ4v) is 3.95. The molecule has 0 aromatic heterocycles. The zero-order valence-electron chi connectivity index (χ0n) is 16.6. The van der Waals surface area contributed by atoms with E-state index in [0.29, 0.717) is 12.3 Å². The second-order valence-corrected chi connectivity index (χ2v) is 7.41. The summed E-state index contributed by atoms with van der Waals surface area (Å²) in [4.78, 5) is 27.1. The molecule has 148 valence electrons. The number of carbonyl (C=O) groups excluding carboxylic acids is 2. The molecule has 0 radical (unpaired) electrons. The summed E-state index contributed by atoms with van der Waals surface area (Å²) in [5.41, 5.74) is 1.83. The monoisotopic (exact) mass is 388 g/mol. The van der Waals surface area contributed by atoms with Gasteiger partial charge in [-0.05, 0) is 35.4 Å². The molecule has 1 heterocycles. The molecule has 1 saturated heterocycles. The summed E-state index contributed by atoms with van der Waals surface area (Å²) in [6.07, 6.45) is 0.214. The van der Waals surface area contributed by atoms with Crippen molar-refractivity contribution in [2.24, 2.45) is 5.92 Å². The molecule has 0 spiro atoms. The van der Waals surface area contributed by atoms with Crippen molar-refractivity contribution < 1.29 is 14.3 Å². The molecule has 29 heavy (non-hydrogen) atoms. The summed E-state index contributed by atoms with van der Waals surface area (Å²) in [7, 11) is 1.59. The Kier molecular flexibility index (Phi) is 5.21. The Hall–Kier alpha value is -3.34. The molecule has 1 aliphatic heterocycles. The van der Waals surface area contributed by atoms with Gasteiger partial charge in [-0.25, -0.2) is 0 Å². The van der Waals surface area contributed by atoms with Crippen LogP contribution in [0.2, 0.25) is 0 Å². The Morgan fingerprint density at radius 3 is 2.69 bits per heavy atom. The number of ether oxygens (including phenoxy) is 1. The third kappa shape index (κ3) is 3.81. The van der Waals surface area contributed by atoms with Crippen molar-refractivity contribution >= 4 is 28.3 Å². The van der Waals surface area contributed by atoms with E-state index < -0.39 is 0 Å². The van der Waals surface area contributed by atoms with Crippen molar-refractivity contribution in [3.05, 3.63) is 72.3 Å². The molecular weight excluding hydrogens is 364 g/mol. The van der Waals surface area contributed by atoms with Crippen molar-refractivity contribution in [3.8, 4) is 5.75 Å². The van der Waals surface area contributed by atoms with Crippen LogP contribution in [0.15, 0.2) is 66.7 Å². The largest absolute Gasteiger partial charge is 0.497 e. The van der Waals surface area contributed by atoms with Gasteiger partial charge >= 0.3 is 0 Å². The van der Waals surface area contributed by atoms with Gasteiger partial charge in [0.1, 0.15) is 5.75 Å². The lowest BCUT2D eigenvalue weighted by molar-refractivity contribution is -0.126. The minimum absolute atomic E-state index is 0.0452. The summed E-state index contributed by atoms with van der Waals surface area (Å²) < 4.78 is 5.24. The summed E-state index contributed by atoms with van der Waals surface area (Å²) in [5, 5.41) is 5.38. The molecule has 0 aliphatic carbocycles. The highest BCUT2D eigenvalue weighted by atomic mass is 16.5. The number of fused-ring (bicyclic) bond motifs is 1. The summed E-state index contributed by atoms with van der Waals surface area (Å²) in [6.45, 7) is 2.36. The molecule has 1 N–H and O–H groups in total. The van der Waals surface area contributed by atoms with Crippen LogP contribution in [0.4, 0.5) is 5.69 Å². The van der Waals surface area contributed by atoms with Crippen LogP contribution in [0.5, 0.6) is 5.75 Å². The Balaban J connectivity index is 1.48. The van der Waals surface area contributed by atoms with E-state index in [1.165, 1.54) is 0 Å². The number of nitrogens with zero attached hydrogens (tertiary/aromatic N) is 1. The lowest BCUT2D eigenvalue weighted by Crippen LogP contribution is -2.34. The predicted molar refractivity (Wildman–Crippen MR) is 114 cm³/mol. The lowest BCUT2D eigenvalue weighted by atomic mass is 9.99. The van der Waals surface area contributed by atoms with E-state index >= 15 is 0 Å². The first-order valence-corrected chi connectivity index (χ1v) is 9.79. The lowest BCUT2D eigenvalue weighted by Gasteiger charge is -2.20. The van der Waals surface area contributed by atoms with Crippen LogP contribution >= 0.6 is 0 Å². The minimum atomic E-state index is -0.369. The van der Waals surface area contributed by atoms with E-state index in [9.17, 15) is 9.59 Å². The van der Waals surface area contributed by atoms with E-state index in [1.807, 2.05) is 55.5 Å². The van der Waals surface area contributed by atoms with Gasteiger partial charge in [0.15, 0.2) is 0 Å². The number of rotatable bonds is 5.